The fourth-order valence-corrected chi connectivity index (χ4v) is 2.27. The van der Waals surface area contributed by atoms with Crippen molar-refractivity contribution in [2.75, 3.05) is 5.33 Å². The maximum atomic E-state index is 3.62. The van der Waals surface area contributed by atoms with Gasteiger partial charge >= 0.3 is 0 Å². The van der Waals surface area contributed by atoms with Crippen molar-refractivity contribution >= 4 is 15.9 Å². The van der Waals surface area contributed by atoms with Gasteiger partial charge in [0.25, 0.3) is 0 Å². The van der Waals surface area contributed by atoms with Crippen LogP contribution in [-0.2, 0) is 6.42 Å². The quantitative estimate of drug-likeness (QED) is 0.697. The molecule has 0 bridgehead atoms. The Morgan fingerprint density at radius 1 is 1.20 bits per heavy atom. The molecular weight excluding hydrogens is 248 g/mol. The number of alkyl halides is 1. The number of rotatable bonds is 4. The van der Waals surface area contributed by atoms with Gasteiger partial charge in [0.2, 0.25) is 0 Å². The molecular formula is C14H21Br. The third-order valence-corrected chi connectivity index (χ3v) is 4.73. The summed E-state index contributed by atoms with van der Waals surface area (Å²) in [5, 5.41) is 1.07. The summed E-state index contributed by atoms with van der Waals surface area (Å²) in [6.45, 7) is 8.97. The third-order valence-electron chi connectivity index (χ3n) is 3.38. The maximum Gasteiger partial charge on any atom is 0.00884 e. The summed E-state index contributed by atoms with van der Waals surface area (Å²) < 4.78 is 0. The van der Waals surface area contributed by atoms with Gasteiger partial charge in [-0.1, -0.05) is 48.0 Å². The zero-order chi connectivity index (χ0) is 11.5. The minimum Gasteiger partial charge on any atom is -0.0922 e. The molecule has 0 heterocycles. The Balaban J connectivity index is 2.85. The Hall–Kier alpha value is -0.300. The molecule has 0 radical (unpaired) electrons. The van der Waals surface area contributed by atoms with E-state index in [9.17, 15) is 0 Å². The first kappa shape index (κ1) is 12.8. The second-order valence-corrected chi connectivity index (χ2v) is 5.45. The van der Waals surface area contributed by atoms with Crippen molar-refractivity contribution < 1.29 is 0 Å². The Labute approximate surface area is 102 Å². The molecule has 0 nitrogen and oxygen atoms in total. The van der Waals surface area contributed by atoms with E-state index in [1.807, 2.05) is 0 Å². The molecule has 0 aliphatic carbocycles. The van der Waals surface area contributed by atoms with E-state index in [-0.39, 0.29) is 0 Å². The van der Waals surface area contributed by atoms with Crippen LogP contribution >= 0.6 is 15.9 Å². The molecule has 1 unspecified atom stereocenters. The first-order valence-electron chi connectivity index (χ1n) is 5.63. The van der Waals surface area contributed by atoms with Crippen LogP contribution in [0.15, 0.2) is 18.2 Å². The van der Waals surface area contributed by atoms with Gasteiger partial charge in [-0.2, -0.15) is 0 Å². The maximum absolute atomic E-state index is 3.62. The fourth-order valence-electron chi connectivity index (χ4n) is 1.67. The van der Waals surface area contributed by atoms with E-state index in [1.54, 1.807) is 0 Å². The zero-order valence-corrected chi connectivity index (χ0v) is 11.8. The Kier molecular flexibility index (Phi) is 4.39. The van der Waals surface area contributed by atoms with E-state index in [0.29, 0.717) is 5.41 Å². The van der Waals surface area contributed by atoms with Gasteiger partial charge in [0, 0.05) is 5.33 Å². The van der Waals surface area contributed by atoms with E-state index >= 15 is 0 Å². The highest BCUT2D eigenvalue weighted by atomic mass is 79.9. The Morgan fingerprint density at radius 3 is 2.33 bits per heavy atom. The van der Waals surface area contributed by atoms with Crippen LogP contribution in [0.2, 0.25) is 0 Å². The van der Waals surface area contributed by atoms with Gasteiger partial charge in [0.15, 0.2) is 0 Å². The molecule has 1 heteroatoms. The molecule has 0 aliphatic heterocycles. The minimum absolute atomic E-state index is 0.391. The van der Waals surface area contributed by atoms with E-state index < -0.39 is 0 Å². The van der Waals surface area contributed by atoms with Crippen LogP contribution in [0.3, 0.4) is 0 Å². The Morgan fingerprint density at radius 2 is 1.87 bits per heavy atom. The summed E-state index contributed by atoms with van der Waals surface area (Å²) in [6, 6.07) is 6.82. The fraction of sp³-hybridized carbons (Fsp3) is 0.571. The molecule has 0 aliphatic rings. The van der Waals surface area contributed by atoms with Crippen LogP contribution in [0.4, 0.5) is 0 Å². The lowest BCUT2D eigenvalue weighted by Gasteiger charge is -2.26. The van der Waals surface area contributed by atoms with Crippen molar-refractivity contribution in [1.29, 1.82) is 0 Å². The molecule has 0 saturated heterocycles. The van der Waals surface area contributed by atoms with Crippen LogP contribution in [-0.4, -0.2) is 5.33 Å². The molecule has 0 amide bonds. The summed E-state index contributed by atoms with van der Waals surface area (Å²) in [5.74, 6) is 0. The molecule has 1 aromatic carbocycles. The molecule has 84 valence electrons. The number of hydrogen-bond donors (Lipinski definition) is 0. The van der Waals surface area contributed by atoms with Crippen LogP contribution in [0.25, 0.3) is 0 Å². The summed E-state index contributed by atoms with van der Waals surface area (Å²) in [4.78, 5) is 0. The second kappa shape index (κ2) is 5.16. The van der Waals surface area contributed by atoms with Crippen molar-refractivity contribution in [3.8, 4) is 0 Å². The molecule has 0 aromatic heterocycles. The van der Waals surface area contributed by atoms with Gasteiger partial charge in [0.1, 0.15) is 0 Å². The highest BCUT2D eigenvalue weighted by Crippen LogP contribution is 2.29. The van der Waals surface area contributed by atoms with Gasteiger partial charge in [-0.15, -0.1) is 0 Å². The predicted octanol–water partition coefficient (Wildman–Crippen LogP) is 4.66. The summed E-state index contributed by atoms with van der Waals surface area (Å²) in [5.41, 5.74) is 4.64. The molecule has 0 saturated carbocycles. The second-order valence-electron chi connectivity index (χ2n) is 4.89. The first-order valence-corrected chi connectivity index (χ1v) is 6.75. The molecule has 1 rings (SSSR count). The van der Waals surface area contributed by atoms with Crippen LogP contribution in [0.5, 0.6) is 0 Å². The normalized spacial score (nSPS) is 15.0. The van der Waals surface area contributed by atoms with Gasteiger partial charge in [0.05, 0.1) is 0 Å². The number of halogens is 1. The number of aryl methyl sites for hydroxylation is 2. The standard InChI is InChI=1S/C14H21Br/c1-5-14(4,10-15)9-13-7-6-11(2)12(3)8-13/h6-8H,5,9-10H2,1-4H3. The topological polar surface area (TPSA) is 0 Å². The van der Waals surface area contributed by atoms with Crippen LogP contribution < -0.4 is 0 Å². The van der Waals surface area contributed by atoms with E-state index in [4.69, 9.17) is 0 Å². The highest BCUT2D eigenvalue weighted by molar-refractivity contribution is 9.09. The van der Waals surface area contributed by atoms with Crippen molar-refractivity contribution in [1.82, 2.24) is 0 Å². The van der Waals surface area contributed by atoms with Crippen molar-refractivity contribution in [2.45, 2.75) is 40.5 Å². The summed E-state index contributed by atoms with van der Waals surface area (Å²) in [7, 11) is 0. The predicted molar refractivity (Wildman–Crippen MR) is 71.8 cm³/mol. The number of hydrogen-bond acceptors (Lipinski definition) is 0. The van der Waals surface area contributed by atoms with Crippen molar-refractivity contribution in [2.24, 2.45) is 5.41 Å². The third kappa shape index (κ3) is 3.34. The van der Waals surface area contributed by atoms with E-state index in [2.05, 4.69) is 61.8 Å². The molecule has 0 N–H and O–H groups in total. The van der Waals surface area contributed by atoms with Gasteiger partial charge < -0.3 is 0 Å². The lowest BCUT2D eigenvalue weighted by atomic mass is 9.83. The average Bonchev–Trinajstić information content (AvgIpc) is 2.23. The smallest absolute Gasteiger partial charge is 0.00884 e. The van der Waals surface area contributed by atoms with Gasteiger partial charge in [-0.05, 0) is 48.8 Å². The molecule has 15 heavy (non-hydrogen) atoms. The van der Waals surface area contributed by atoms with Crippen molar-refractivity contribution in [3.05, 3.63) is 34.9 Å². The first-order chi connectivity index (χ1) is 7.00. The highest BCUT2D eigenvalue weighted by Gasteiger charge is 2.20. The van der Waals surface area contributed by atoms with Gasteiger partial charge in [-0.25, -0.2) is 0 Å². The zero-order valence-electron chi connectivity index (χ0n) is 10.2. The molecule has 0 fully saturated rings. The van der Waals surface area contributed by atoms with E-state index in [1.165, 1.54) is 23.1 Å². The van der Waals surface area contributed by atoms with Crippen LogP contribution in [0.1, 0.15) is 37.0 Å². The minimum atomic E-state index is 0.391. The monoisotopic (exact) mass is 268 g/mol. The summed E-state index contributed by atoms with van der Waals surface area (Å²) >= 11 is 3.62. The SMILES string of the molecule is CCC(C)(CBr)Cc1ccc(C)c(C)c1. The summed E-state index contributed by atoms with van der Waals surface area (Å²) in [6.07, 6.45) is 2.38. The van der Waals surface area contributed by atoms with Crippen LogP contribution in [0, 0.1) is 19.3 Å². The molecule has 1 atom stereocenters. The largest absolute Gasteiger partial charge is 0.0922 e. The number of benzene rings is 1. The van der Waals surface area contributed by atoms with Crippen molar-refractivity contribution in [3.63, 3.8) is 0 Å². The molecule has 1 aromatic rings. The lowest BCUT2D eigenvalue weighted by Crippen LogP contribution is -2.20. The Bertz CT molecular complexity index is 324. The lowest BCUT2D eigenvalue weighted by molar-refractivity contribution is 0.361. The molecule has 0 spiro atoms. The van der Waals surface area contributed by atoms with E-state index in [0.717, 1.165) is 11.8 Å². The average molecular weight is 269 g/mol. The van der Waals surface area contributed by atoms with Gasteiger partial charge in [-0.3, -0.25) is 0 Å².